The van der Waals surface area contributed by atoms with Gasteiger partial charge in [0.25, 0.3) is 5.91 Å². The van der Waals surface area contributed by atoms with Crippen LogP contribution in [0, 0.1) is 0 Å². The van der Waals surface area contributed by atoms with Crippen molar-refractivity contribution in [3.8, 4) is 0 Å². The van der Waals surface area contributed by atoms with Gasteiger partial charge in [0.05, 0.1) is 0 Å². The number of nitrogens with zero attached hydrogens (tertiary/aromatic N) is 2. The van der Waals surface area contributed by atoms with Crippen LogP contribution in [0.3, 0.4) is 0 Å². The van der Waals surface area contributed by atoms with Crippen molar-refractivity contribution in [2.24, 2.45) is 0 Å². The van der Waals surface area contributed by atoms with E-state index in [1.54, 1.807) is 25.3 Å². The summed E-state index contributed by atoms with van der Waals surface area (Å²) in [5.41, 5.74) is 1.42. The highest BCUT2D eigenvalue weighted by Crippen LogP contribution is 2.28. The number of hydrogen-bond acceptors (Lipinski definition) is 4. The summed E-state index contributed by atoms with van der Waals surface area (Å²) < 4.78 is 0. The Balaban J connectivity index is 1.74. The Hall–Kier alpha value is -2.21. The minimum absolute atomic E-state index is 0.0573. The topological polar surface area (TPSA) is 62.3 Å². The van der Waals surface area contributed by atoms with Gasteiger partial charge in [0.15, 0.2) is 5.13 Å². The molecule has 1 N–H and O–H groups in total. The first-order valence-electron chi connectivity index (χ1n) is 8.26. The number of benzene rings is 1. The largest absolute Gasteiger partial charge is 0.310 e. The normalized spacial score (nSPS) is 15.0. The summed E-state index contributed by atoms with van der Waals surface area (Å²) >= 11 is 1.38. The van der Waals surface area contributed by atoms with E-state index in [0.717, 1.165) is 18.5 Å². The zero-order valence-electron chi connectivity index (χ0n) is 13.7. The number of rotatable bonds is 4. The van der Waals surface area contributed by atoms with Crippen molar-refractivity contribution in [2.75, 3.05) is 10.2 Å². The molecule has 24 heavy (non-hydrogen) atoms. The van der Waals surface area contributed by atoms with Crippen LogP contribution in [0.5, 0.6) is 0 Å². The number of thiazole rings is 1. The van der Waals surface area contributed by atoms with E-state index in [0.29, 0.717) is 10.7 Å². The number of amides is 2. The molecule has 6 heteroatoms. The molecule has 0 radical (unpaired) electrons. The van der Waals surface area contributed by atoms with Crippen LogP contribution >= 0.6 is 11.3 Å². The molecule has 1 aliphatic carbocycles. The Morgan fingerprint density at radius 3 is 2.46 bits per heavy atom. The molecule has 0 bridgehead atoms. The second-order valence-corrected chi connectivity index (χ2v) is 6.91. The Kier molecular flexibility index (Phi) is 5.25. The van der Waals surface area contributed by atoms with Crippen LogP contribution < -0.4 is 10.2 Å². The van der Waals surface area contributed by atoms with Gasteiger partial charge in [0.1, 0.15) is 0 Å². The Morgan fingerprint density at radius 2 is 1.88 bits per heavy atom. The molecule has 0 spiro atoms. The fourth-order valence-corrected chi connectivity index (χ4v) is 3.74. The highest BCUT2D eigenvalue weighted by atomic mass is 32.1. The van der Waals surface area contributed by atoms with Crippen molar-refractivity contribution in [3.63, 3.8) is 0 Å². The van der Waals surface area contributed by atoms with Gasteiger partial charge in [-0.3, -0.25) is 14.9 Å². The maximum Gasteiger partial charge on any atom is 0.257 e. The highest BCUT2D eigenvalue weighted by molar-refractivity contribution is 7.13. The summed E-state index contributed by atoms with van der Waals surface area (Å²) in [5.74, 6) is -0.134. The van der Waals surface area contributed by atoms with Crippen LogP contribution in [0.4, 0.5) is 10.8 Å². The zero-order valence-corrected chi connectivity index (χ0v) is 14.5. The van der Waals surface area contributed by atoms with E-state index in [1.807, 2.05) is 22.4 Å². The lowest BCUT2D eigenvalue weighted by molar-refractivity contribution is -0.117. The lowest BCUT2D eigenvalue weighted by Crippen LogP contribution is -2.40. The van der Waals surface area contributed by atoms with Gasteiger partial charge >= 0.3 is 0 Å². The van der Waals surface area contributed by atoms with Gasteiger partial charge in [0, 0.05) is 35.8 Å². The van der Waals surface area contributed by atoms with E-state index >= 15 is 0 Å². The number of aromatic nitrogens is 1. The van der Waals surface area contributed by atoms with Crippen LogP contribution in [0.15, 0.2) is 35.8 Å². The monoisotopic (exact) mass is 343 g/mol. The molecule has 126 valence electrons. The Labute approximate surface area is 145 Å². The number of hydrogen-bond donors (Lipinski definition) is 1. The molecule has 0 atom stereocenters. The quantitative estimate of drug-likeness (QED) is 0.910. The fraction of sp³-hybridized carbons (Fsp3) is 0.389. The summed E-state index contributed by atoms with van der Waals surface area (Å²) in [4.78, 5) is 30.2. The molecule has 3 rings (SSSR count). The minimum Gasteiger partial charge on any atom is -0.310 e. The lowest BCUT2D eigenvalue weighted by Gasteiger charge is -2.33. The van der Waals surface area contributed by atoms with Crippen LogP contribution in [0.1, 0.15) is 49.4 Å². The van der Waals surface area contributed by atoms with Gasteiger partial charge in [-0.15, -0.1) is 11.3 Å². The smallest absolute Gasteiger partial charge is 0.257 e. The van der Waals surface area contributed by atoms with Crippen molar-refractivity contribution in [3.05, 3.63) is 41.4 Å². The molecule has 2 amide bonds. The first kappa shape index (κ1) is 16.6. The van der Waals surface area contributed by atoms with E-state index in [4.69, 9.17) is 0 Å². The third-order valence-corrected chi connectivity index (χ3v) is 5.03. The van der Waals surface area contributed by atoms with Crippen molar-refractivity contribution in [1.29, 1.82) is 0 Å². The fourth-order valence-electron chi connectivity index (χ4n) is 3.22. The average Bonchev–Trinajstić information content (AvgIpc) is 3.09. The first-order valence-corrected chi connectivity index (χ1v) is 9.14. The van der Waals surface area contributed by atoms with Crippen LogP contribution in [-0.4, -0.2) is 22.8 Å². The summed E-state index contributed by atoms with van der Waals surface area (Å²) in [5, 5.41) is 5.15. The standard InChI is InChI=1S/C18H21N3O2S/c1-13(22)21(15-5-3-2-4-6-15)16-9-7-14(8-10-16)17(23)20-18-19-11-12-24-18/h7-12,15H,2-6H2,1H3,(H,19,20,23). The average molecular weight is 343 g/mol. The summed E-state index contributed by atoms with van der Waals surface area (Å²) in [6, 6.07) is 7.50. The molecule has 5 nitrogen and oxygen atoms in total. The second kappa shape index (κ2) is 7.57. The maximum atomic E-state index is 12.2. The van der Waals surface area contributed by atoms with Crippen molar-refractivity contribution < 1.29 is 9.59 Å². The first-order chi connectivity index (χ1) is 11.6. The molecule has 0 saturated heterocycles. The van der Waals surface area contributed by atoms with Gasteiger partial charge in [-0.1, -0.05) is 19.3 Å². The van der Waals surface area contributed by atoms with Crippen molar-refractivity contribution in [2.45, 2.75) is 45.1 Å². The second-order valence-electron chi connectivity index (χ2n) is 6.02. The van der Waals surface area contributed by atoms with E-state index in [2.05, 4.69) is 10.3 Å². The summed E-state index contributed by atoms with van der Waals surface area (Å²) in [6.45, 7) is 1.61. The van der Waals surface area contributed by atoms with E-state index in [1.165, 1.54) is 30.6 Å². The summed E-state index contributed by atoms with van der Waals surface area (Å²) in [6.07, 6.45) is 7.33. The molecule has 0 unspecified atom stereocenters. The molecule has 1 fully saturated rings. The van der Waals surface area contributed by atoms with Gasteiger partial charge in [-0.2, -0.15) is 0 Å². The van der Waals surface area contributed by atoms with Gasteiger partial charge in [-0.25, -0.2) is 4.98 Å². The van der Waals surface area contributed by atoms with Gasteiger partial charge in [-0.05, 0) is 37.1 Å². The molecule has 1 aromatic carbocycles. The predicted octanol–water partition coefficient (Wildman–Crippen LogP) is 4.08. The third-order valence-electron chi connectivity index (χ3n) is 4.34. The third kappa shape index (κ3) is 3.82. The molecular weight excluding hydrogens is 322 g/mol. The molecule has 1 saturated carbocycles. The Bertz CT molecular complexity index is 692. The van der Waals surface area contributed by atoms with Crippen LogP contribution in [-0.2, 0) is 4.79 Å². The number of carbonyl (C=O) groups is 2. The highest BCUT2D eigenvalue weighted by Gasteiger charge is 2.24. The molecule has 1 aromatic heterocycles. The SMILES string of the molecule is CC(=O)N(c1ccc(C(=O)Nc2nccs2)cc1)C1CCCCC1. The number of carbonyl (C=O) groups excluding carboxylic acids is 2. The predicted molar refractivity (Wildman–Crippen MR) is 96.5 cm³/mol. The van der Waals surface area contributed by atoms with Gasteiger partial charge < -0.3 is 4.90 Å². The lowest BCUT2D eigenvalue weighted by atomic mass is 9.93. The summed E-state index contributed by atoms with van der Waals surface area (Å²) in [7, 11) is 0. The molecule has 2 aromatic rings. The minimum atomic E-state index is -0.191. The molecule has 1 heterocycles. The van der Waals surface area contributed by atoms with E-state index < -0.39 is 0 Å². The number of nitrogens with one attached hydrogen (secondary N) is 1. The maximum absolute atomic E-state index is 12.2. The van der Waals surface area contributed by atoms with E-state index in [9.17, 15) is 9.59 Å². The van der Waals surface area contributed by atoms with Crippen molar-refractivity contribution in [1.82, 2.24) is 4.98 Å². The van der Waals surface area contributed by atoms with Crippen molar-refractivity contribution >= 4 is 34.0 Å². The van der Waals surface area contributed by atoms with Crippen LogP contribution in [0.2, 0.25) is 0 Å². The Morgan fingerprint density at radius 1 is 1.17 bits per heavy atom. The van der Waals surface area contributed by atoms with Gasteiger partial charge in [0.2, 0.25) is 5.91 Å². The molecule has 0 aliphatic heterocycles. The van der Waals surface area contributed by atoms with E-state index in [-0.39, 0.29) is 17.9 Å². The number of anilines is 2. The zero-order chi connectivity index (χ0) is 16.9. The molecule has 1 aliphatic rings. The molecular formula is C18H21N3O2S. The van der Waals surface area contributed by atoms with Crippen LogP contribution in [0.25, 0.3) is 0 Å².